The topological polar surface area (TPSA) is 74.4 Å². The van der Waals surface area contributed by atoms with Crippen LogP contribution in [0.5, 0.6) is 0 Å². The van der Waals surface area contributed by atoms with E-state index in [2.05, 4.69) is 10.3 Å². The van der Waals surface area contributed by atoms with E-state index in [1.165, 1.54) is 18.6 Å². The van der Waals surface area contributed by atoms with Crippen molar-refractivity contribution in [3.63, 3.8) is 0 Å². The summed E-state index contributed by atoms with van der Waals surface area (Å²) in [5.41, 5.74) is 2.46. The van der Waals surface area contributed by atoms with Crippen molar-refractivity contribution in [1.82, 2.24) is 15.2 Å². The second kappa shape index (κ2) is 11.2. The fraction of sp³-hybridized carbons (Fsp3) is 0.448. The van der Waals surface area contributed by atoms with Crippen molar-refractivity contribution in [2.45, 2.75) is 69.6 Å². The molecule has 2 atom stereocenters. The van der Waals surface area contributed by atoms with Gasteiger partial charge < -0.3 is 19.9 Å². The predicted octanol–water partition coefficient (Wildman–Crippen LogP) is 5.05. The molecule has 1 aliphatic heterocycles. The van der Waals surface area contributed by atoms with E-state index >= 15 is 0 Å². The Morgan fingerprint density at radius 2 is 1.81 bits per heavy atom. The zero-order valence-electron chi connectivity index (χ0n) is 20.5. The summed E-state index contributed by atoms with van der Waals surface area (Å²) in [6.07, 6.45) is 8.92. The molecule has 1 saturated heterocycles. The summed E-state index contributed by atoms with van der Waals surface area (Å²) >= 11 is 0. The molecule has 2 N–H and O–H groups in total. The molecular weight excluding hydrogens is 457 g/mol. The van der Waals surface area contributed by atoms with Gasteiger partial charge in [-0.3, -0.25) is 9.59 Å². The highest BCUT2D eigenvalue weighted by Gasteiger charge is 2.35. The number of carbonyl (C=O) groups excluding carboxylic acids is 2. The van der Waals surface area contributed by atoms with Crippen molar-refractivity contribution in [3.8, 4) is 0 Å². The number of aromatic amines is 1. The van der Waals surface area contributed by atoms with Crippen LogP contribution in [0.4, 0.5) is 4.39 Å². The number of carbonyl (C=O) groups is 2. The molecule has 3 aromatic rings. The molecule has 2 fully saturated rings. The summed E-state index contributed by atoms with van der Waals surface area (Å²) < 4.78 is 19.7. The van der Waals surface area contributed by atoms with Gasteiger partial charge in [0, 0.05) is 36.3 Å². The van der Waals surface area contributed by atoms with Crippen LogP contribution >= 0.6 is 0 Å². The third-order valence-corrected chi connectivity index (χ3v) is 7.46. The minimum atomic E-state index is -0.852. The SMILES string of the molecule is O=C(NC1CCCCC1)C(c1ccc(F)cc1)N(CC1CCCO1)C(=O)Cc1c[nH]c2ccccc12. The van der Waals surface area contributed by atoms with Crippen LogP contribution in [0.3, 0.4) is 0 Å². The van der Waals surface area contributed by atoms with E-state index in [-0.39, 0.29) is 36.2 Å². The number of hydrogen-bond donors (Lipinski definition) is 2. The Labute approximate surface area is 211 Å². The highest BCUT2D eigenvalue weighted by molar-refractivity contribution is 5.92. The number of nitrogens with zero attached hydrogens (tertiary/aromatic N) is 1. The normalized spacial score (nSPS) is 19.3. The fourth-order valence-corrected chi connectivity index (χ4v) is 5.55. The van der Waals surface area contributed by atoms with E-state index < -0.39 is 6.04 Å². The molecule has 1 saturated carbocycles. The second-order valence-corrected chi connectivity index (χ2v) is 10.0. The van der Waals surface area contributed by atoms with Gasteiger partial charge in [0.1, 0.15) is 11.9 Å². The highest BCUT2D eigenvalue weighted by atomic mass is 19.1. The number of halogens is 1. The van der Waals surface area contributed by atoms with Crippen molar-refractivity contribution in [3.05, 3.63) is 71.7 Å². The van der Waals surface area contributed by atoms with E-state index in [1.54, 1.807) is 17.0 Å². The van der Waals surface area contributed by atoms with Crippen LogP contribution in [0.1, 0.15) is 62.1 Å². The summed E-state index contributed by atoms with van der Waals surface area (Å²) in [5, 5.41) is 4.20. The van der Waals surface area contributed by atoms with Gasteiger partial charge in [0.25, 0.3) is 0 Å². The quantitative estimate of drug-likeness (QED) is 0.463. The standard InChI is InChI=1S/C29H34FN3O3/c30-22-14-12-20(13-15-22)28(29(35)32-23-7-2-1-3-8-23)33(19-24-9-6-16-36-24)27(34)17-21-18-31-26-11-5-4-10-25(21)26/h4-5,10-15,18,23-24,28,31H,1-3,6-9,16-17,19H2,(H,32,35). The minimum Gasteiger partial charge on any atom is -0.376 e. The lowest BCUT2D eigenvalue weighted by Gasteiger charge is -2.34. The highest BCUT2D eigenvalue weighted by Crippen LogP contribution is 2.28. The average molecular weight is 492 g/mol. The first-order chi connectivity index (χ1) is 17.6. The molecule has 2 aliphatic rings. The summed E-state index contributed by atoms with van der Waals surface area (Å²) in [6.45, 7) is 0.978. The van der Waals surface area contributed by atoms with Crippen LogP contribution in [-0.4, -0.2) is 47.0 Å². The fourth-order valence-electron chi connectivity index (χ4n) is 5.55. The number of rotatable bonds is 8. The molecule has 0 radical (unpaired) electrons. The number of fused-ring (bicyclic) bond motifs is 1. The van der Waals surface area contributed by atoms with Gasteiger partial charge in [0.15, 0.2) is 0 Å². The number of para-hydroxylation sites is 1. The molecule has 1 aliphatic carbocycles. The Hall–Kier alpha value is -3.19. The number of benzene rings is 2. The first kappa shape index (κ1) is 24.5. The lowest BCUT2D eigenvalue weighted by Crippen LogP contribution is -2.49. The third-order valence-electron chi connectivity index (χ3n) is 7.46. The molecule has 1 aromatic heterocycles. The summed E-state index contributed by atoms with van der Waals surface area (Å²) in [5.74, 6) is -0.733. The van der Waals surface area contributed by atoms with Crippen LogP contribution in [0.2, 0.25) is 0 Å². The van der Waals surface area contributed by atoms with Crippen LogP contribution in [-0.2, 0) is 20.7 Å². The van der Waals surface area contributed by atoms with Gasteiger partial charge in [-0.15, -0.1) is 0 Å². The lowest BCUT2D eigenvalue weighted by molar-refractivity contribution is -0.142. The molecule has 7 heteroatoms. The van der Waals surface area contributed by atoms with Crippen molar-refractivity contribution in [1.29, 1.82) is 0 Å². The summed E-state index contributed by atoms with van der Waals surface area (Å²) in [7, 11) is 0. The monoisotopic (exact) mass is 491 g/mol. The van der Waals surface area contributed by atoms with Gasteiger partial charge in [-0.2, -0.15) is 0 Å². The molecule has 2 unspecified atom stereocenters. The Kier molecular flexibility index (Phi) is 7.66. The molecule has 5 rings (SSSR count). The smallest absolute Gasteiger partial charge is 0.247 e. The molecule has 2 amide bonds. The Morgan fingerprint density at radius 3 is 2.56 bits per heavy atom. The predicted molar refractivity (Wildman–Crippen MR) is 137 cm³/mol. The van der Waals surface area contributed by atoms with E-state index in [0.717, 1.165) is 55.0 Å². The van der Waals surface area contributed by atoms with E-state index in [1.807, 2.05) is 30.5 Å². The first-order valence-corrected chi connectivity index (χ1v) is 13.1. The number of aromatic nitrogens is 1. The van der Waals surface area contributed by atoms with Gasteiger partial charge in [-0.1, -0.05) is 49.6 Å². The number of amides is 2. The van der Waals surface area contributed by atoms with Gasteiger partial charge in [0.2, 0.25) is 11.8 Å². The van der Waals surface area contributed by atoms with Crippen LogP contribution in [0.15, 0.2) is 54.7 Å². The Morgan fingerprint density at radius 1 is 1.03 bits per heavy atom. The van der Waals surface area contributed by atoms with Gasteiger partial charge in [-0.05, 0) is 55.0 Å². The van der Waals surface area contributed by atoms with Gasteiger partial charge in [0.05, 0.1) is 12.5 Å². The number of hydrogen-bond acceptors (Lipinski definition) is 3. The minimum absolute atomic E-state index is 0.0995. The lowest BCUT2D eigenvalue weighted by atomic mass is 9.94. The van der Waals surface area contributed by atoms with Gasteiger partial charge >= 0.3 is 0 Å². The van der Waals surface area contributed by atoms with Crippen molar-refractivity contribution in [2.24, 2.45) is 0 Å². The zero-order chi connectivity index (χ0) is 24.9. The number of ether oxygens (including phenoxy) is 1. The summed E-state index contributed by atoms with van der Waals surface area (Å²) in [6, 6.07) is 13.1. The van der Waals surface area contributed by atoms with E-state index in [0.29, 0.717) is 18.7 Å². The second-order valence-electron chi connectivity index (χ2n) is 10.0. The Balaban J connectivity index is 1.46. The Bertz CT molecular complexity index is 1180. The molecule has 2 heterocycles. The molecule has 6 nitrogen and oxygen atoms in total. The molecule has 0 spiro atoms. The van der Waals surface area contributed by atoms with E-state index in [4.69, 9.17) is 4.74 Å². The van der Waals surface area contributed by atoms with Gasteiger partial charge in [-0.25, -0.2) is 4.39 Å². The average Bonchev–Trinajstić information content (AvgIpc) is 3.56. The molecule has 0 bridgehead atoms. The maximum atomic E-state index is 13.9. The number of nitrogens with one attached hydrogen (secondary N) is 2. The van der Waals surface area contributed by atoms with Crippen LogP contribution in [0.25, 0.3) is 10.9 Å². The largest absolute Gasteiger partial charge is 0.376 e. The molecular formula is C29H34FN3O3. The first-order valence-electron chi connectivity index (χ1n) is 13.1. The van der Waals surface area contributed by atoms with E-state index in [9.17, 15) is 14.0 Å². The molecule has 2 aromatic carbocycles. The molecule has 190 valence electrons. The van der Waals surface area contributed by atoms with Crippen molar-refractivity contribution < 1.29 is 18.7 Å². The van der Waals surface area contributed by atoms with Crippen LogP contribution in [0, 0.1) is 5.82 Å². The molecule has 36 heavy (non-hydrogen) atoms. The maximum Gasteiger partial charge on any atom is 0.247 e. The number of H-pyrrole nitrogens is 1. The third kappa shape index (κ3) is 5.62. The van der Waals surface area contributed by atoms with Crippen molar-refractivity contribution in [2.75, 3.05) is 13.2 Å². The van der Waals surface area contributed by atoms with Crippen LogP contribution < -0.4 is 5.32 Å². The summed E-state index contributed by atoms with van der Waals surface area (Å²) in [4.78, 5) is 32.6. The zero-order valence-corrected chi connectivity index (χ0v) is 20.5. The maximum absolute atomic E-state index is 13.9. The van der Waals surface area contributed by atoms with Crippen molar-refractivity contribution >= 4 is 22.7 Å².